The van der Waals surface area contributed by atoms with Gasteiger partial charge in [-0.1, -0.05) is 12.1 Å². The second kappa shape index (κ2) is 7.20. The third kappa shape index (κ3) is 3.57. The van der Waals surface area contributed by atoms with E-state index >= 15 is 0 Å². The van der Waals surface area contributed by atoms with Crippen molar-refractivity contribution < 1.29 is 9.53 Å². The molecular weight excluding hydrogens is 326 g/mol. The summed E-state index contributed by atoms with van der Waals surface area (Å²) in [5.41, 5.74) is 3.65. The summed E-state index contributed by atoms with van der Waals surface area (Å²) in [5.74, 6) is 0.791. The number of nitrogens with zero attached hydrogens (tertiary/aromatic N) is 3. The van der Waals surface area contributed by atoms with Gasteiger partial charge >= 0.3 is 0 Å². The number of hydrogen-bond donors (Lipinski definition) is 0. The van der Waals surface area contributed by atoms with Crippen molar-refractivity contribution in [3.8, 4) is 5.75 Å². The third-order valence-electron chi connectivity index (χ3n) is 4.76. The van der Waals surface area contributed by atoms with Gasteiger partial charge in [0.2, 0.25) is 0 Å². The van der Waals surface area contributed by atoms with E-state index in [9.17, 15) is 4.79 Å². The van der Waals surface area contributed by atoms with Crippen LogP contribution in [-0.2, 0) is 6.61 Å². The van der Waals surface area contributed by atoms with Crippen LogP contribution in [0.1, 0.15) is 40.9 Å². The Bertz CT molecular complexity index is 926. The Kier molecular flexibility index (Phi) is 4.61. The predicted molar refractivity (Wildman–Crippen MR) is 100 cm³/mol. The molecule has 4 rings (SSSR count). The minimum atomic E-state index is 0.0957. The number of likely N-dealkylation sites (tertiary alicyclic amines) is 1. The van der Waals surface area contributed by atoms with Gasteiger partial charge in [0.1, 0.15) is 18.0 Å². The lowest BCUT2D eigenvalue weighted by Gasteiger charge is -2.26. The molecule has 134 valence electrons. The molecule has 5 heteroatoms. The zero-order chi connectivity index (χ0) is 17.9. The first-order chi connectivity index (χ1) is 12.7. The van der Waals surface area contributed by atoms with Gasteiger partial charge in [-0.15, -0.1) is 0 Å². The number of aryl methyl sites for hydroxylation is 1. The molecular formula is C21H23N3O2. The number of rotatable bonds is 4. The van der Waals surface area contributed by atoms with Crippen LogP contribution in [0.25, 0.3) is 5.65 Å². The topological polar surface area (TPSA) is 46.8 Å². The predicted octanol–water partition coefficient (Wildman–Crippen LogP) is 3.85. The Labute approximate surface area is 153 Å². The Morgan fingerprint density at radius 2 is 1.96 bits per heavy atom. The second-order valence-electron chi connectivity index (χ2n) is 6.87. The lowest BCUT2D eigenvalue weighted by Crippen LogP contribution is -2.35. The minimum Gasteiger partial charge on any atom is -0.487 e. The molecule has 0 saturated carbocycles. The van der Waals surface area contributed by atoms with Crippen molar-refractivity contribution in [2.75, 3.05) is 13.1 Å². The van der Waals surface area contributed by atoms with Crippen molar-refractivity contribution in [1.82, 2.24) is 14.3 Å². The first-order valence-corrected chi connectivity index (χ1v) is 9.15. The van der Waals surface area contributed by atoms with Gasteiger partial charge in [-0.3, -0.25) is 4.79 Å². The highest BCUT2D eigenvalue weighted by Gasteiger charge is 2.18. The molecule has 1 fully saturated rings. The SMILES string of the molecule is Cc1ccc2nc(COc3cccc(C(=O)N4CCCCC4)c3)cn2c1. The van der Waals surface area contributed by atoms with Gasteiger partial charge in [0.05, 0.1) is 5.69 Å². The van der Waals surface area contributed by atoms with Crippen LogP contribution in [0.5, 0.6) is 5.75 Å². The number of ether oxygens (including phenoxy) is 1. The smallest absolute Gasteiger partial charge is 0.253 e. The summed E-state index contributed by atoms with van der Waals surface area (Å²) in [6.45, 7) is 4.14. The van der Waals surface area contributed by atoms with E-state index in [1.54, 1.807) is 0 Å². The summed E-state index contributed by atoms with van der Waals surface area (Å²) in [6, 6.07) is 11.5. The summed E-state index contributed by atoms with van der Waals surface area (Å²) >= 11 is 0. The van der Waals surface area contributed by atoms with Crippen LogP contribution in [-0.4, -0.2) is 33.3 Å². The lowest BCUT2D eigenvalue weighted by molar-refractivity contribution is 0.0724. The summed E-state index contributed by atoms with van der Waals surface area (Å²) in [5, 5.41) is 0. The fourth-order valence-corrected chi connectivity index (χ4v) is 3.38. The molecule has 0 N–H and O–H groups in total. The van der Waals surface area contributed by atoms with Gasteiger partial charge in [-0.25, -0.2) is 4.98 Å². The molecule has 0 radical (unpaired) electrons. The van der Waals surface area contributed by atoms with Gasteiger partial charge in [-0.05, 0) is 56.0 Å². The first kappa shape index (κ1) is 16.6. The number of fused-ring (bicyclic) bond motifs is 1. The van der Waals surface area contributed by atoms with Crippen molar-refractivity contribution in [3.05, 3.63) is 65.6 Å². The lowest BCUT2D eigenvalue weighted by atomic mass is 10.1. The van der Waals surface area contributed by atoms with Crippen molar-refractivity contribution in [2.45, 2.75) is 32.8 Å². The van der Waals surface area contributed by atoms with Crippen LogP contribution in [0.3, 0.4) is 0 Å². The fourth-order valence-electron chi connectivity index (χ4n) is 3.38. The van der Waals surface area contributed by atoms with Crippen LogP contribution in [0, 0.1) is 6.92 Å². The Morgan fingerprint density at radius 1 is 1.12 bits per heavy atom. The molecule has 5 nitrogen and oxygen atoms in total. The van der Waals surface area contributed by atoms with Crippen LogP contribution in [0.2, 0.25) is 0 Å². The van der Waals surface area contributed by atoms with Crippen molar-refractivity contribution in [1.29, 1.82) is 0 Å². The van der Waals surface area contributed by atoms with Gasteiger partial charge in [-0.2, -0.15) is 0 Å². The number of amides is 1. The molecule has 1 aliphatic rings. The number of carbonyl (C=O) groups is 1. The average Bonchev–Trinajstić information content (AvgIpc) is 3.09. The summed E-state index contributed by atoms with van der Waals surface area (Å²) in [7, 11) is 0. The molecule has 1 saturated heterocycles. The Hall–Kier alpha value is -2.82. The molecule has 1 aliphatic heterocycles. The molecule has 2 aromatic heterocycles. The van der Waals surface area contributed by atoms with Gasteiger partial charge in [0.25, 0.3) is 5.91 Å². The maximum Gasteiger partial charge on any atom is 0.253 e. The number of benzene rings is 1. The highest BCUT2D eigenvalue weighted by Crippen LogP contribution is 2.19. The summed E-state index contributed by atoms with van der Waals surface area (Å²) < 4.78 is 7.89. The summed E-state index contributed by atoms with van der Waals surface area (Å²) in [6.07, 6.45) is 7.42. The van der Waals surface area contributed by atoms with Crippen LogP contribution in [0.4, 0.5) is 0 Å². The van der Waals surface area contributed by atoms with E-state index in [-0.39, 0.29) is 5.91 Å². The van der Waals surface area contributed by atoms with Crippen molar-refractivity contribution >= 4 is 11.6 Å². The van der Waals surface area contributed by atoms with Crippen molar-refractivity contribution in [3.63, 3.8) is 0 Å². The van der Waals surface area contributed by atoms with E-state index in [0.29, 0.717) is 17.9 Å². The molecule has 0 aliphatic carbocycles. The van der Waals surface area contributed by atoms with E-state index < -0.39 is 0 Å². The van der Waals surface area contributed by atoms with E-state index in [1.807, 2.05) is 58.1 Å². The number of pyridine rings is 1. The highest BCUT2D eigenvalue weighted by atomic mass is 16.5. The van der Waals surface area contributed by atoms with E-state index in [1.165, 1.54) is 12.0 Å². The third-order valence-corrected chi connectivity index (χ3v) is 4.76. The zero-order valence-corrected chi connectivity index (χ0v) is 15.0. The molecule has 0 unspecified atom stereocenters. The number of hydrogen-bond acceptors (Lipinski definition) is 3. The number of imidazole rings is 1. The quantitative estimate of drug-likeness (QED) is 0.719. The fraction of sp³-hybridized carbons (Fsp3) is 0.333. The zero-order valence-electron chi connectivity index (χ0n) is 15.0. The van der Waals surface area contributed by atoms with Crippen LogP contribution in [0.15, 0.2) is 48.8 Å². The monoisotopic (exact) mass is 349 g/mol. The molecule has 3 heterocycles. The minimum absolute atomic E-state index is 0.0957. The van der Waals surface area contributed by atoms with E-state index in [4.69, 9.17) is 4.74 Å². The number of piperidine rings is 1. The molecule has 0 bridgehead atoms. The molecule has 1 amide bonds. The Morgan fingerprint density at radius 3 is 2.81 bits per heavy atom. The van der Waals surface area contributed by atoms with E-state index in [2.05, 4.69) is 11.9 Å². The molecule has 26 heavy (non-hydrogen) atoms. The first-order valence-electron chi connectivity index (χ1n) is 9.15. The molecule has 3 aromatic rings. The van der Waals surface area contributed by atoms with Crippen LogP contribution >= 0.6 is 0 Å². The van der Waals surface area contributed by atoms with Crippen LogP contribution < -0.4 is 4.74 Å². The summed E-state index contributed by atoms with van der Waals surface area (Å²) in [4.78, 5) is 19.1. The molecule has 0 atom stereocenters. The second-order valence-corrected chi connectivity index (χ2v) is 6.87. The standard InChI is InChI=1S/C21H23N3O2/c1-16-8-9-20-22-18(14-24(20)13-16)15-26-19-7-5-6-17(12-19)21(25)23-10-3-2-4-11-23/h5-9,12-14H,2-4,10-11,15H2,1H3. The van der Waals surface area contributed by atoms with Gasteiger partial charge in [0, 0.05) is 31.0 Å². The maximum absolute atomic E-state index is 12.6. The average molecular weight is 349 g/mol. The highest BCUT2D eigenvalue weighted by molar-refractivity contribution is 5.94. The van der Waals surface area contributed by atoms with Crippen molar-refractivity contribution in [2.24, 2.45) is 0 Å². The van der Waals surface area contributed by atoms with Gasteiger partial charge < -0.3 is 14.0 Å². The van der Waals surface area contributed by atoms with Gasteiger partial charge in [0.15, 0.2) is 0 Å². The number of aromatic nitrogens is 2. The number of carbonyl (C=O) groups excluding carboxylic acids is 1. The molecule has 0 spiro atoms. The maximum atomic E-state index is 12.6. The molecule has 1 aromatic carbocycles. The normalized spacial score (nSPS) is 14.6. The Balaban J connectivity index is 1.45. The van der Waals surface area contributed by atoms with E-state index in [0.717, 1.165) is 37.3 Å². The largest absolute Gasteiger partial charge is 0.487 e.